The molecule has 1 spiro atoms. The van der Waals surface area contributed by atoms with Crippen molar-refractivity contribution in [2.45, 2.75) is 57.4 Å². The third kappa shape index (κ3) is 4.98. The van der Waals surface area contributed by atoms with E-state index in [1.54, 1.807) is 0 Å². The van der Waals surface area contributed by atoms with E-state index >= 15 is 0 Å². The van der Waals surface area contributed by atoms with Gasteiger partial charge in [-0.15, -0.1) is 0 Å². The Labute approximate surface area is 214 Å². The number of halogens is 3. The SMILES string of the molecule is O=C(N[C@H]1CC[C@H](CN2C(=O)C3(CCNCC3)Cc3ccccc32)CC1)c1cc(Cl)cnc1C(F)F. The van der Waals surface area contributed by atoms with Crippen LogP contribution >= 0.6 is 11.6 Å². The number of carbonyl (C=O) groups excluding carboxylic acids is 2. The number of hydrogen-bond donors (Lipinski definition) is 2. The van der Waals surface area contributed by atoms with Crippen LogP contribution < -0.4 is 15.5 Å². The minimum absolute atomic E-state index is 0.113. The molecule has 2 aliphatic heterocycles. The third-order valence-corrected chi connectivity index (χ3v) is 8.24. The molecule has 5 rings (SSSR count). The summed E-state index contributed by atoms with van der Waals surface area (Å²) in [4.78, 5) is 32.2. The molecule has 0 atom stereocenters. The zero-order valence-electron chi connectivity index (χ0n) is 20.1. The van der Waals surface area contributed by atoms with Crippen LogP contribution in [0.15, 0.2) is 36.5 Å². The van der Waals surface area contributed by atoms with Crippen molar-refractivity contribution in [1.29, 1.82) is 0 Å². The Balaban J connectivity index is 1.24. The Hall–Kier alpha value is -2.58. The van der Waals surface area contributed by atoms with E-state index in [0.29, 0.717) is 12.5 Å². The van der Waals surface area contributed by atoms with E-state index in [2.05, 4.69) is 21.7 Å². The predicted octanol–water partition coefficient (Wildman–Crippen LogP) is 4.92. The molecule has 2 N–H and O–H groups in total. The first-order chi connectivity index (χ1) is 17.4. The second kappa shape index (κ2) is 10.4. The van der Waals surface area contributed by atoms with Gasteiger partial charge >= 0.3 is 0 Å². The molecule has 1 aliphatic carbocycles. The normalized spacial score (nSPS) is 23.6. The monoisotopic (exact) mass is 516 g/mol. The van der Waals surface area contributed by atoms with Crippen LogP contribution in [0, 0.1) is 11.3 Å². The molecule has 0 bridgehead atoms. The molecular weight excluding hydrogens is 486 g/mol. The van der Waals surface area contributed by atoms with Crippen molar-refractivity contribution in [2.24, 2.45) is 11.3 Å². The van der Waals surface area contributed by atoms with Gasteiger partial charge in [0.15, 0.2) is 0 Å². The van der Waals surface area contributed by atoms with E-state index in [9.17, 15) is 18.4 Å². The molecule has 6 nitrogen and oxygen atoms in total. The van der Waals surface area contributed by atoms with E-state index in [1.165, 1.54) is 11.6 Å². The first-order valence-electron chi connectivity index (χ1n) is 12.7. The number of aromatic nitrogens is 1. The Morgan fingerprint density at radius 2 is 1.92 bits per heavy atom. The molecule has 1 aromatic carbocycles. The highest BCUT2D eigenvalue weighted by Crippen LogP contribution is 2.44. The lowest BCUT2D eigenvalue weighted by atomic mass is 9.70. The maximum atomic E-state index is 13.8. The van der Waals surface area contributed by atoms with Gasteiger partial charge in [0.1, 0.15) is 5.69 Å². The standard InChI is InChI=1S/C27H31ClF2N4O2/c28-19-13-21(23(24(29)30)32-15-19)25(35)33-20-7-5-17(6-8-20)16-34-22-4-2-1-3-18(22)14-27(26(34)36)9-11-31-12-10-27/h1-4,13,15,17,20,24,31H,5-12,14,16H2,(H,33,35)/t17-,20-. The van der Waals surface area contributed by atoms with Crippen LogP contribution in [0.3, 0.4) is 0 Å². The summed E-state index contributed by atoms with van der Waals surface area (Å²) in [5.74, 6) is -0.0145. The maximum Gasteiger partial charge on any atom is 0.281 e. The van der Waals surface area contributed by atoms with Crippen LogP contribution in [-0.4, -0.2) is 42.5 Å². The second-order valence-corrected chi connectivity index (χ2v) is 10.8. The summed E-state index contributed by atoms with van der Waals surface area (Å²) in [7, 11) is 0. The molecule has 2 aromatic rings. The van der Waals surface area contributed by atoms with Gasteiger partial charge in [-0.25, -0.2) is 8.78 Å². The van der Waals surface area contributed by atoms with Crippen molar-refractivity contribution in [2.75, 3.05) is 24.5 Å². The van der Waals surface area contributed by atoms with Gasteiger partial charge in [0.05, 0.1) is 16.0 Å². The topological polar surface area (TPSA) is 74.3 Å². The average molecular weight is 517 g/mol. The first-order valence-corrected chi connectivity index (χ1v) is 13.1. The summed E-state index contributed by atoms with van der Waals surface area (Å²) < 4.78 is 26.6. The fraction of sp³-hybridized carbons (Fsp3) is 0.519. The zero-order valence-corrected chi connectivity index (χ0v) is 20.9. The lowest BCUT2D eigenvalue weighted by Gasteiger charge is -2.46. The van der Waals surface area contributed by atoms with E-state index in [1.807, 2.05) is 23.1 Å². The number of nitrogens with one attached hydrogen (secondary N) is 2. The molecule has 192 valence electrons. The first kappa shape index (κ1) is 25.1. The molecule has 1 saturated heterocycles. The number of amides is 2. The number of alkyl halides is 2. The Morgan fingerprint density at radius 1 is 1.19 bits per heavy atom. The zero-order chi connectivity index (χ0) is 25.3. The van der Waals surface area contributed by atoms with Crippen molar-refractivity contribution < 1.29 is 18.4 Å². The van der Waals surface area contributed by atoms with Gasteiger partial charge in [-0.1, -0.05) is 29.8 Å². The fourth-order valence-corrected chi connectivity index (χ4v) is 6.21. The highest BCUT2D eigenvalue weighted by Gasteiger charge is 2.46. The van der Waals surface area contributed by atoms with Crippen LogP contribution in [0.5, 0.6) is 0 Å². The number of pyridine rings is 1. The van der Waals surface area contributed by atoms with E-state index in [0.717, 1.165) is 69.9 Å². The van der Waals surface area contributed by atoms with Gasteiger partial charge in [-0.2, -0.15) is 0 Å². The minimum atomic E-state index is -2.85. The highest BCUT2D eigenvalue weighted by molar-refractivity contribution is 6.30. The molecule has 0 radical (unpaired) electrons. The van der Waals surface area contributed by atoms with Crippen LogP contribution in [0.25, 0.3) is 0 Å². The number of para-hydroxylation sites is 1. The van der Waals surface area contributed by atoms with Crippen LogP contribution in [0.4, 0.5) is 14.5 Å². The summed E-state index contributed by atoms with van der Waals surface area (Å²) in [6.07, 6.45) is 3.94. The second-order valence-electron chi connectivity index (χ2n) is 10.3. The van der Waals surface area contributed by atoms with Gasteiger partial charge in [0.25, 0.3) is 12.3 Å². The minimum Gasteiger partial charge on any atom is -0.349 e. The molecule has 2 fully saturated rings. The van der Waals surface area contributed by atoms with E-state index < -0.39 is 18.0 Å². The summed E-state index contributed by atoms with van der Waals surface area (Å²) >= 11 is 5.90. The molecular formula is C27H31ClF2N4O2. The van der Waals surface area contributed by atoms with Crippen LogP contribution in [-0.2, 0) is 11.2 Å². The van der Waals surface area contributed by atoms with Crippen molar-refractivity contribution in [3.63, 3.8) is 0 Å². The molecule has 1 saturated carbocycles. The Bertz CT molecular complexity index is 1130. The van der Waals surface area contributed by atoms with Gasteiger partial charge in [0, 0.05) is 24.5 Å². The average Bonchev–Trinajstić information content (AvgIpc) is 2.88. The molecule has 9 heteroatoms. The van der Waals surface area contributed by atoms with Crippen LogP contribution in [0.1, 0.15) is 66.6 Å². The smallest absolute Gasteiger partial charge is 0.281 e. The van der Waals surface area contributed by atoms with Gasteiger partial charge in [0.2, 0.25) is 5.91 Å². The fourth-order valence-electron chi connectivity index (χ4n) is 6.05. The quantitative estimate of drug-likeness (QED) is 0.591. The maximum absolute atomic E-state index is 13.8. The molecule has 36 heavy (non-hydrogen) atoms. The number of fused-ring (bicyclic) bond motifs is 1. The largest absolute Gasteiger partial charge is 0.349 e. The molecule has 3 heterocycles. The number of rotatable bonds is 5. The van der Waals surface area contributed by atoms with Crippen molar-refractivity contribution in [3.8, 4) is 0 Å². The number of piperidine rings is 1. The van der Waals surface area contributed by atoms with Crippen molar-refractivity contribution in [1.82, 2.24) is 15.6 Å². The number of hydrogen-bond acceptors (Lipinski definition) is 4. The summed E-state index contributed by atoms with van der Waals surface area (Å²) in [5, 5.41) is 6.42. The highest BCUT2D eigenvalue weighted by atomic mass is 35.5. The lowest BCUT2D eigenvalue weighted by Crippen LogP contribution is -2.54. The number of carbonyl (C=O) groups is 2. The molecule has 1 aromatic heterocycles. The third-order valence-electron chi connectivity index (χ3n) is 8.03. The Morgan fingerprint density at radius 3 is 2.64 bits per heavy atom. The van der Waals surface area contributed by atoms with E-state index in [4.69, 9.17) is 11.6 Å². The van der Waals surface area contributed by atoms with Crippen LogP contribution in [0.2, 0.25) is 5.02 Å². The van der Waals surface area contributed by atoms with Gasteiger partial charge < -0.3 is 15.5 Å². The predicted molar refractivity (Wildman–Crippen MR) is 134 cm³/mol. The summed E-state index contributed by atoms with van der Waals surface area (Å²) in [5.41, 5.74) is 1.21. The van der Waals surface area contributed by atoms with Gasteiger partial charge in [-0.3, -0.25) is 14.6 Å². The lowest BCUT2D eigenvalue weighted by molar-refractivity contribution is -0.130. The number of benzene rings is 1. The number of anilines is 1. The number of nitrogens with zero attached hydrogens (tertiary/aromatic N) is 2. The Kier molecular flexibility index (Phi) is 7.26. The van der Waals surface area contributed by atoms with Gasteiger partial charge in [-0.05, 0) is 81.6 Å². The summed E-state index contributed by atoms with van der Waals surface area (Å²) in [6.45, 7) is 2.39. The van der Waals surface area contributed by atoms with Crippen molar-refractivity contribution >= 4 is 29.1 Å². The molecule has 3 aliphatic rings. The van der Waals surface area contributed by atoms with E-state index in [-0.39, 0.29) is 28.0 Å². The van der Waals surface area contributed by atoms with Crippen molar-refractivity contribution in [3.05, 3.63) is 58.4 Å². The molecule has 0 unspecified atom stereocenters. The molecule has 2 amide bonds. The summed E-state index contributed by atoms with van der Waals surface area (Å²) in [6, 6.07) is 9.36.